The Labute approximate surface area is 122 Å². The topological polar surface area (TPSA) is 50.7 Å². The quantitative estimate of drug-likeness (QED) is 0.731. The monoisotopic (exact) mass is 281 g/mol. The molecule has 0 bridgehead atoms. The van der Waals surface area contributed by atoms with Gasteiger partial charge < -0.3 is 19.9 Å². The average molecular weight is 281 g/mol. The summed E-state index contributed by atoms with van der Waals surface area (Å²) in [6.45, 7) is 5.40. The van der Waals surface area contributed by atoms with Gasteiger partial charge in [0, 0.05) is 18.2 Å². The SMILES string of the molecule is CCC(CCO)CNC(C)c1cc(OC)ccc1OC. The maximum atomic E-state index is 9.04. The summed E-state index contributed by atoms with van der Waals surface area (Å²) < 4.78 is 10.7. The lowest BCUT2D eigenvalue weighted by Gasteiger charge is -2.21. The van der Waals surface area contributed by atoms with Crippen LogP contribution in [0.5, 0.6) is 11.5 Å². The van der Waals surface area contributed by atoms with Crippen molar-refractivity contribution in [2.75, 3.05) is 27.4 Å². The van der Waals surface area contributed by atoms with E-state index in [1.54, 1.807) is 14.2 Å². The van der Waals surface area contributed by atoms with E-state index in [1.165, 1.54) is 0 Å². The summed E-state index contributed by atoms with van der Waals surface area (Å²) in [5.41, 5.74) is 1.09. The fourth-order valence-corrected chi connectivity index (χ4v) is 2.26. The Morgan fingerprint density at radius 2 is 2.00 bits per heavy atom. The van der Waals surface area contributed by atoms with Crippen molar-refractivity contribution in [3.05, 3.63) is 23.8 Å². The number of hydrogen-bond acceptors (Lipinski definition) is 4. The van der Waals surface area contributed by atoms with Crippen LogP contribution in [0.15, 0.2) is 18.2 Å². The summed E-state index contributed by atoms with van der Waals surface area (Å²) in [7, 11) is 3.34. The zero-order valence-electron chi connectivity index (χ0n) is 13.0. The molecule has 20 heavy (non-hydrogen) atoms. The molecule has 1 rings (SSSR count). The van der Waals surface area contributed by atoms with Gasteiger partial charge in [0.15, 0.2) is 0 Å². The lowest BCUT2D eigenvalue weighted by Crippen LogP contribution is -2.26. The Balaban J connectivity index is 2.72. The van der Waals surface area contributed by atoms with E-state index in [9.17, 15) is 0 Å². The third-order valence-electron chi connectivity index (χ3n) is 3.73. The Morgan fingerprint density at radius 1 is 1.25 bits per heavy atom. The van der Waals surface area contributed by atoms with Gasteiger partial charge in [0.1, 0.15) is 11.5 Å². The van der Waals surface area contributed by atoms with Crippen molar-refractivity contribution in [2.45, 2.75) is 32.7 Å². The van der Waals surface area contributed by atoms with Gasteiger partial charge in [-0.3, -0.25) is 0 Å². The number of nitrogens with one attached hydrogen (secondary N) is 1. The van der Waals surface area contributed by atoms with E-state index in [1.807, 2.05) is 18.2 Å². The fourth-order valence-electron chi connectivity index (χ4n) is 2.26. The highest BCUT2D eigenvalue weighted by Gasteiger charge is 2.14. The number of rotatable bonds is 9. The summed E-state index contributed by atoms with van der Waals surface area (Å²) >= 11 is 0. The molecule has 2 N–H and O–H groups in total. The van der Waals surface area contributed by atoms with Crippen molar-refractivity contribution in [3.8, 4) is 11.5 Å². The third-order valence-corrected chi connectivity index (χ3v) is 3.73. The summed E-state index contributed by atoms with van der Waals surface area (Å²) in [4.78, 5) is 0. The highest BCUT2D eigenvalue weighted by atomic mass is 16.5. The predicted octanol–water partition coefficient (Wildman–Crippen LogP) is 2.76. The average Bonchev–Trinajstić information content (AvgIpc) is 2.50. The number of hydrogen-bond donors (Lipinski definition) is 2. The molecule has 0 amide bonds. The van der Waals surface area contributed by atoms with Crippen molar-refractivity contribution in [1.29, 1.82) is 0 Å². The molecule has 0 saturated heterocycles. The number of benzene rings is 1. The normalized spacial score (nSPS) is 13.8. The Kier molecular flexibility index (Phi) is 7.41. The summed E-state index contributed by atoms with van der Waals surface area (Å²) in [6, 6.07) is 6.00. The smallest absolute Gasteiger partial charge is 0.123 e. The van der Waals surface area contributed by atoms with Gasteiger partial charge in [-0.25, -0.2) is 0 Å². The molecular weight excluding hydrogens is 254 g/mol. The van der Waals surface area contributed by atoms with Crippen LogP contribution in [0.3, 0.4) is 0 Å². The molecular formula is C16H27NO3. The molecule has 0 aliphatic heterocycles. The van der Waals surface area contributed by atoms with E-state index in [4.69, 9.17) is 14.6 Å². The molecule has 0 aliphatic carbocycles. The summed E-state index contributed by atoms with van der Waals surface area (Å²) in [5.74, 6) is 2.19. The van der Waals surface area contributed by atoms with Crippen molar-refractivity contribution in [3.63, 3.8) is 0 Å². The summed E-state index contributed by atoms with van der Waals surface area (Å²) in [6.07, 6.45) is 1.90. The molecule has 1 aromatic carbocycles. The van der Waals surface area contributed by atoms with E-state index < -0.39 is 0 Å². The molecule has 0 spiro atoms. The van der Waals surface area contributed by atoms with Crippen LogP contribution in [-0.4, -0.2) is 32.5 Å². The van der Waals surface area contributed by atoms with Gasteiger partial charge >= 0.3 is 0 Å². The predicted molar refractivity (Wildman–Crippen MR) is 81.4 cm³/mol. The van der Waals surface area contributed by atoms with Gasteiger partial charge in [-0.15, -0.1) is 0 Å². The van der Waals surface area contributed by atoms with Crippen LogP contribution in [0.4, 0.5) is 0 Å². The molecule has 0 aliphatic rings. The van der Waals surface area contributed by atoms with Gasteiger partial charge in [0.25, 0.3) is 0 Å². The molecule has 4 nitrogen and oxygen atoms in total. The Hall–Kier alpha value is -1.26. The molecule has 2 atom stereocenters. The van der Waals surface area contributed by atoms with E-state index in [-0.39, 0.29) is 12.6 Å². The first-order valence-corrected chi connectivity index (χ1v) is 7.22. The van der Waals surface area contributed by atoms with Crippen molar-refractivity contribution in [2.24, 2.45) is 5.92 Å². The van der Waals surface area contributed by atoms with Gasteiger partial charge in [0.2, 0.25) is 0 Å². The zero-order valence-corrected chi connectivity index (χ0v) is 13.0. The molecule has 2 unspecified atom stereocenters. The fraction of sp³-hybridized carbons (Fsp3) is 0.625. The van der Waals surface area contributed by atoms with Crippen molar-refractivity contribution < 1.29 is 14.6 Å². The van der Waals surface area contributed by atoms with Crippen molar-refractivity contribution >= 4 is 0 Å². The highest BCUT2D eigenvalue weighted by Crippen LogP contribution is 2.29. The number of methoxy groups -OCH3 is 2. The lowest BCUT2D eigenvalue weighted by atomic mass is 10.0. The van der Waals surface area contributed by atoms with Gasteiger partial charge in [-0.05, 0) is 44.0 Å². The van der Waals surface area contributed by atoms with Crippen LogP contribution in [0.2, 0.25) is 0 Å². The molecule has 1 aromatic rings. The van der Waals surface area contributed by atoms with E-state index in [0.717, 1.165) is 36.4 Å². The second-order valence-electron chi connectivity index (χ2n) is 5.02. The highest BCUT2D eigenvalue weighted by molar-refractivity contribution is 5.42. The standard InChI is InChI=1S/C16H27NO3/c1-5-13(8-9-18)11-17-12(2)15-10-14(19-3)6-7-16(15)20-4/h6-7,10,12-13,17-18H,5,8-9,11H2,1-4H3. The minimum Gasteiger partial charge on any atom is -0.497 e. The molecule has 0 fully saturated rings. The van der Waals surface area contributed by atoms with Gasteiger partial charge in [-0.1, -0.05) is 13.3 Å². The first kappa shape index (κ1) is 16.8. The Bertz CT molecular complexity index is 395. The number of aliphatic hydroxyl groups is 1. The molecule has 114 valence electrons. The van der Waals surface area contributed by atoms with Crippen LogP contribution < -0.4 is 14.8 Å². The van der Waals surface area contributed by atoms with E-state index in [2.05, 4.69) is 19.2 Å². The lowest BCUT2D eigenvalue weighted by molar-refractivity contribution is 0.249. The largest absolute Gasteiger partial charge is 0.497 e. The first-order chi connectivity index (χ1) is 9.65. The molecule has 0 aromatic heterocycles. The number of ether oxygens (including phenoxy) is 2. The first-order valence-electron chi connectivity index (χ1n) is 7.22. The molecule has 0 heterocycles. The van der Waals surface area contributed by atoms with E-state index >= 15 is 0 Å². The molecule has 4 heteroatoms. The van der Waals surface area contributed by atoms with Crippen LogP contribution >= 0.6 is 0 Å². The maximum Gasteiger partial charge on any atom is 0.123 e. The van der Waals surface area contributed by atoms with Crippen LogP contribution in [-0.2, 0) is 0 Å². The zero-order chi connectivity index (χ0) is 15.0. The minimum absolute atomic E-state index is 0.174. The minimum atomic E-state index is 0.174. The number of aliphatic hydroxyl groups excluding tert-OH is 1. The maximum absolute atomic E-state index is 9.04. The molecule has 0 saturated carbocycles. The Morgan fingerprint density at radius 3 is 2.55 bits per heavy atom. The summed E-state index contributed by atoms with van der Waals surface area (Å²) in [5, 5.41) is 12.6. The third kappa shape index (κ3) is 4.69. The van der Waals surface area contributed by atoms with Gasteiger partial charge in [0.05, 0.1) is 14.2 Å². The second-order valence-corrected chi connectivity index (χ2v) is 5.02. The van der Waals surface area contributed by atoms with Crippen LogP contribution in [0, 0.1) is 5.92 Å². The van der Waals surface area contributed by atoms with Crippen molar-refractivity contribution in [1.82, 2.24) is 5.32 Å². The second kappa shape index (κ2) is 8.82. The van der Waals surface area contributed by atoms with Gasteiger partial charge in [-0.2, -0.15) is 0 Å². The molecule has 0 radical (unpaired) electrons. The van der Waals surface area contributed by atoms with Crippen LogP contribution in [0.25, 0.3) is 0 Å². The van der Waals surface area contributed by atoms with Crippen LogP contribution in [0.1, 0.15) is 38.3 Å². The van der Waals surface area contributed by atoms with E-state index in [0.29, 0.717) is 5.92 Å².